The highest BCUT2D eigenvalue weighted by Gasteiger charge is 2.24. The monoisotopic (exact) mass is 416 g/mol. The number of aliphatic imine (C=N–C) groups is 1. The minimum Gasteiger partial charge on any atom is -0.382 e. The Bertz CT molecular complexity index is 644. The Labute approximate surface area is 182 Å². The summed E-state index contributed by atoms with van der Waals surface area (Å²) >= 11 is 0. The number of hydrogen-bond donors (Lipinski definition) is 1. The molecule has 1 N–H and O–H groups in total. The zero-order chi connectivity index (χ0) is 21.0. The second-order valence-corrected chi connectivity index (χ2v) is 8.58. The van der Waals surface area contributed by atoms with Gasteiger partial charge < -0.3 is 19.7 Å². The Balaban J connectivity index is 1.44. The highest BCUT2D eigenvalue weighted by Crippen LogP contribution is 2.17. The lowest BCUT2D eigenvalue weighted by atomic mass is 10.1. The van der Waals surface area contributed by atoms with Crippen molar-refractivity contribution in [3.63, 3.8) is 0 Å². The van der Waals surface area contributed by atoms with Crippen LogP contribution in [0, 0.1) is 5.92 Å². The van der Waals surface area contributed by atoms with Crippen LogP contribution in [0.2, 0.25) is 0 Å². The summed E-state index contributed by atoms with van der Waals surface area (Å²) in [5.41, 5.74) is 2.74. The van der Waals surface area contributed by atoms with Crippen LogP contribution in [0.25, 0.3) is 0 Å². The number of guanidine groups is 1. The van der Waals surface area contributed by atoms with Crippen molar-refractivity contribution in [3.05, 3.63) is 35.4 Å². The first-order chi connectivity index (χ1) is 14.8. The van der Waals surface area contributed by atoms with Crippen molar-refractivity contribution in [2.45, 2.75) is 45.2 Å². The fraction of sp³-hybridized carbons (Fsp3) is 0.708. The van der Waals surface area contributed by atoms with Gasteiger partial charge in [-0.3, -0.25) is 9.89 Å². The highest BCUT2D eigenvalue weighted by atomic mass is 16.5. The maximum absolute atomic E-state index is 5.72. The maximum Gasteiger partial charge on any atom is 0.193 e. The van der Waals surface area contributed by atoms with E-state index >= 15 is 0 Å². The molecule has 2 aliphatic heterocycles. The third-order valence-corrected chi connectivity index (χ3v) is 6.13. The number of nitrogens with one attached hydrogen (secondary N) is 1. The summed E-state index contributed by atoms with van der Waals surface area (Å²) in [7, 11) is 3.58. The Hall–Kier alpha value is -1.63. The molecule has 0 saturated carbocycles. The quantitative estimate of drug-likeness (QED) is 0.381. The molecule has 1 aromatic carbocycles. The molecule has 168 valence electrons. The van der Waals surface area contributed by atoms with Crippen LogP contribution in [0.3, 0.4) is 0 Å². The predicted molar refractivity (Wildman–Crippen MR) is 123 cm³/mol. The Kier molecular flexibility index (Phi) is 9.93. The smallest absolute Gasteiger partial charge is 0.193 e. The van der Waals surface area contributed by atoms with Crippen molar-refractivity contribution in [1.29, 1.82) is 0 Å². The minimum atomic E-state index is 0.567. The summed E-state index contributed by atoms with van der Waals surface area (Å²) in [6.45, 7) is 8.53. The van der Waals surface area contributed by atoms with E-state index in [-0.39, 0.29) is 0 Å². The Morgan fingerprint density at radius 2 is 1.90 bits per heavy atom. The number of benzene rings is 1. The average molecular weight is 417 g/mol. The zero-order valence-electron chi connectivity index (χ0n) is 18.9. The SMILES string of the molecule is CN=C(NCc1cccc(CN2CCCCCC2)c1)N1CCC(COCCOC)C1. The lowest BCUT2D eigenvalue weighted by Crippen LogP contribution is -2.39. The molecule has 1 aromatic rings. The van der Waals surface area contributed by atoms with E-state index in [1.165, 1.54) is 49.9 Å². The van der Waals surface area contributed by atoms with Crippen molar-refractivity contribution in [1.82, 2.24) is 15.1 Å². The standard InChI is InChI=1S/C24H40N4O2/c1-25-24(28-13-10-23(19-28)20-30-15-14-29-2)26-17-21-8-7-9-22(16-21)18-27-11-5-3-4-6-12-27/h7-9,16,23H,3-6,10-15,17-20H2,1-2H3,(H,25,26). The van der Waals surface area contributed by atoms with E-state index < -0.39 is 0 Å². The van der Waals surface area contributed by atoms with Gasteiger partial charge in [-0.25, -0.2) is 0 Å². The van der Waals surface area contributed by atoms with Gasteiger partial charge in [-0.05, 0) is 43.5 Å². The Morgan fingerprint density at radius 3 is 2.67 bits per heavy atom. The van der Waals surface area contributed by atoms with Gasteiger partial charge in [0.15, 0.2) is 5.96 Å². The number of likely N-dealkylation sites (tertiary alicyclic amines) is 2. The molecule has 0 bridgehead atoms. The van der Waals surface area contributed by atoms with E-state index in [1.807, 2.05) is 7.05 Å². The van der Waals surface area contributed by atoms with Crippen molar-refractivity contribution in [3.8, 4) is 0 Å². The summed E-state index contributed by atoms with van der Waals surface area (Å²) in [6.07, 6.45) is 6.60. The summed E-state index contributed by atoms with van der Waals surface area (Å²) < 4.78 is 10.8. The first kappa shape index (κ1) is 23.0. The normalized spacial score (nSPS) is 21.1. The molecule has 0 spiro atoms. The molecule has 6 heteroatoms. The average Bonchev–Trinajstić information content (AvgIpc) is 3.08. The molecule has 0 aliphatic carbocycles. The second kappa shape index (κ2) is 12.9. The third kappa shape index (κ3) is 7.56. The van der Waals surface area contributed by atoms with Crippen molar-refractivity contribution in [2.75, 3.05) is 60.2 Å². The van der Waals surface area contributed by atoms with Gasteiger partial charge in [0.05, 0.1) is 19.8 Å². The van der Waals surface area contributed by atoms with Crippen LogP contribution in [-0.2, 0) is 22.6 Å². The van der Waals surface area contributed by atoms with Gasteiger partial charge in [0.1, 0.15) is 0 Å². The highest BCUT2D eigenvalue weighted by molar-refractivity contribution is 5.80. The summed E-state index contributed by atoms with van der Waals surface area (Å²) in [5, 5.41) is 3.57. The molecule has 0 radical (unpaired) electrons. The van der Waals surface area contributed by atoms with Gasteiger partial charge in [0.25, 0.3) is 0 Å². The lowest BCUT2D eigenvalue weighted by molar-refractivity contribution is 0.0536. The fourth-order valence-corrected chi connectivity index (χ4v) is 4.46. The molecule has 1 atom stereocenters. The number of rotatable bonds is 9. The van der Waals surface area contributed by atoms with E-state index in [0.717, 1.165) is 45.2 Å². The van der Waals surface area contributed by atoms with E-state index in [2.05, 4.69) is 44.4 Å². The summed E-state index contributed by atoms with van der Waals surface area (Å²) in [4.78, 5) is 9.48. The lowest BCUT2D eigenvalue weighted by Gasteiger charge is -2.22. The second-order valence-electron chi connectivity index (χ2n) is 8.58. The van der Waals surface area contributed by atoms with Gasteiger partial charge in [0.2, 0.25) is 0 Å². The molecular formula is C24H40N4O2. The van der Waals surface area contributed by atoms with Gasteiger partial charge in [-0.1, -0.05) is 37.1 Å². The number of nitrogens with zero attached hydrogens (tertiary/aromatic N) is 3. The molecule has 0 aromatic heterocycles. The molecule has 2 saturated heterocycles. The molecule has 2 aliphatic rings. The van der Waals surface area contributed by atoms with Gasteiger partial charge in [-0.2, -0.15) is 0 Å². The summed E-state index contributed by atoms with van der Waals surface area (Å²) in [5.74, 6) is 1.56. The molecule has 1 unspecified atom stereocenters. The number of methoxy groups -OCH3 is 1. The zero-order valence-corrected chi connectivity index (χ0v) is 18.9. The van der Waals surface area contributed by atoms with Crippen molar-refractivity contribution < 1.29 is 9.47 Å². The fourth-order valence-electron chi connectivity index (χ4n) is 4.46. The van der Waals surface area contributed by atoms with Crippen LogP contribution in [-0.4, -0.2) is 75.9 Å². The van der Waals surface area contributed by atoms with Crippen LogP contribution in [0.15, 0.2) is 29.3 Å². The van der Waals surface area contributed by atoms with E-state index in [0.29, 0.717) is 19.1 Å². The van der Waals surface area contributed by atoms with Gasteiger partial charge in [-0.15, -0.1) is 0 Å². The van der Waals surface area contributed by atoms with E-state index in [9.17, 15) is 0 Å². The van der Waals surface area contributed by atoms with E-state index in [1.54, 1.807) is 7.11 Å². The van der Waals surface area contributed by atoms with Crippen LogP contribution < -0.4 is 5.32 Å². The van der Waals surface area contributed by atoms with Crippen molar-refractivity contribution in [2.24, 2.45) is 10.9 Å². The Morgan fingerprint density at radius 1 is 1.10 bits per heavy atom. The minimum absolute atomic E-state index is 0.567. The van der Waals surface area contributed by atoms with Gasteiger partial charge >= 0.3 is 0 Å². The molecule has 2 fully saturated rings. The maximum atomic E-state index is 5.72. The largest absolute Gasteiger partial charge is 0.382 e. The molecule has 3 rings (SSSR count). The van der Waals surface area contributed by atoms with Crippen LogP contribution >= 0.6 is 0 Å². The van der Waals surface area contributed by atoms with Crippen LogP contribution in [0.4, 0.5) is 0 Å². The predicted octanol–water partition coefficient (Wildman–Crippen LogP) is 3.12. The molecule has 6 nitrogen and oxygen atoms in total. The molecular weight excluding hydrogens is 376 g/mol. The number of hydrogen-bond acceptors (Lipinski definition) is 4. The van der Waals surface area contributed by atoms with Gasteiger partial charge in [0, 0.05) is 46.3 Å². The topological polar surface area (TPSA) is 49.3 Å². The van der Waals surface area contributed by atoms with Crippen LogP contribution in [0.1, 0.15) is 43.2 Å². The van der Waals surface area contributed by atoms with Crippen molar-refractivity contribution >= 4 is 5.96 Å². The van der Waals surface area contributed by atoms with E-state index in [4.69, 9.17) is 9.47 Å². The third-order valence-electron chi connectivity index (χ3n) is 6.13. The molecule has 0 amide bonds. The van der Waals surface area contributed by atoms with Crippen LogP contribution in [0.5, 0.6) is 0 Å². The molecule has 2 heterocycles. The first-order valence-electron chi connectivity index (χ1n) is 11.6. The first-order valence-corrected chi connectivity index (χ1v) is 11.6. The number of ether oxygens (including phenoxy) is 2. The molecule has 30 heavy (non-hydrogen) atoms. The summed E-state index contributed by atoms with van der Waals surface area (Å²) in [6, 6.07) is 9.01.